The molecule has 0 saturated carbocycles. The van der Waals surface area contributed by atoms with Crippen LogP contribution in [0.1, 0.15) is 0 Å². The van der Waals surface area contributed by atoms with Gasteiger partial charge in [-0.1, -0.05) is 158 Å². The van der Waals surface area contributed by atoms with E-state index in [1.807, 2.05) is 91.1 Å². The van der Waals surface area contributed by atoms with Gasteiger partial charge in [0.1, 0.15) is 0 Å². The van der Waals surface area contributed by atoms with Crippen molar-refractivity contribution in [1.29, 1.82) is 0 Å². The monoisotopic (exact) mass is 763 g/mol. The highest BCUT2D eigenvalue weighted by Crippen LogP contribution is 2.42. The lowest BCUT2D eigenvalue weighted by molar-refractivity contribution is 1.07. The van der Waals surface area contributed by atoms with Gasteiger partial charge in [-0.05, 0) is 96.5 Å². The number of hydrogen-bond acceptors (Lipinski definition) is 4. The van der Waals surface area contributed by atoms with Gasteiger partial charge in [-0.25, -0.2) is 19.8 Å². The molecule has 5 nitrogen and oxygen atoms in total. The molecule has 60 heavy (non-hydrogen) atoms. The minimum atomic E-state index is 0.621. The van der Waals surface area contributed by atoms with E-state index in [-0.39, 0.29) is 0 Å². The molecule has 5 heteroatoms. The van der Waals surface area contributed by atoms with Crippen molar-refractivity contribution in [3.05, 3.63) is 212 Å². The Hall–Kier alpha value is -8.33. The van der Waals surface area contributed by atoms with Gasteiger partial charge in [0.05, 0.1) is 12.1 Å². The first-order chi connectivity index (χ1) is 29.7. The minimum absolute atomic E-state index is 0.621. The summed E-state index contributed by atoms with van der Waals surface area (Å²) >= 11 is 0. The van der Waals surface area contributed by atoms with E-state index in [2.05, 4.69) is 114 Å². The maximum atomic E-state index is 7.37. The summed E-state index contributed by atoms with van der Waals surface area (Å²) < 4.78 is 0. The van der Waals surface area contributed by atoms with Crippen LogP contribution < -0.4 is 0 Å². The number of benzene rings is 9. The molecule has 0 aliphatic carbocycles. The van der Waals surface area contributed by atoms with Gasteiger partial charge in [0.25, 0.3) is 0 Å². The number of hydrogen-bond donors (Lipinski definition) is 0. The lowest BCUT2D eigenvalue weighted by atomic mass is 9.88. The maximum Gasteiger partial charge on any atom is 0.187 e. The molecule has 2 heterocycles. The first kappa shape index (κ1) is 34.9. The van der Waals surface area contributed by atoms with Crippen molar-refractivity contribution in [3.8, 4) is 67.5 Å². The van der Waals surface area contributed by atoms with Crippen molar-refractivity contribution in [3.63, 3.8) is 0 Å². The number of rotatable bonds is 6. The Morgan fingerprint density at radius 1 is 0.333 bits per heavy atom. The summed E-state index contributed by atoms with van der Waals surface area (Å²) in [5.41, 5.74) is 11.1. The average molecular weight is 764 g/mol. The number of pyridine rings is 1. The summed E-state index contributed by atoms with van der Waals surface area (Å²) in [5.74, 6) is 1.89. The van der Waals surface area contributed by atoms with Crippen LogP contribution in [-0.4, -0.2) is 19.9 Å². The molecule has 0 aliphatic rings. The Balaban J connectivity index is 1.03. The zero-order valence-electron chi connectivity index (χ0n) is 32.3. The van der Waals surface area contributed by atoms with Crippen LogP contribution in [0, 0.1) is 6.57 Å². The Bertz CT molecular complexity index is 3420. The SMILES string of the molecule is [C-]#[N+]c1ccc2cc(-c3ccc(-c4cc5c6ccccc6c(-c6cccc(-c7nc(-c8ccccc8)nc(-c8ccccc8)n7)c6)cc5c5cccnc45)cc3)ccc2c1. The molecule has 278 valence electrons. The van der Waals surface area contributed by atoms with Crippen LogP contribution in [-0.2, 0) is 0 Å². The predicted molar refractivity (Wildman–Crippen MR) is 247 cm³/mol. The lowest BCUT2D eigenvalue weighted by Gasteiger charge is -2.16. The van der Waals surface area contributed by atoms with Crippen LogP contribution >= 0.6 is 0 Å². The van der Waals surface area contributed by atoms with Crippen LogP contribution in [0.2, 0.25) is 0 Å². The summed E-state index contributed by atoms with van der Waals surface area (Å²) in [6, 6.07) is 67.3. The van der Waals surface area contributed by atoms with E-state index in [1.54, 1.807) is 0 Å². The fourth-order valence-electron chi connectivity index (χ4n) is 8.37. The maximum absolute atomic E-state index is 7.37. The topological polar surface area (TPSA) is 55.9 Å². The molecule has 0 aliphatic heterocycles. The molecule has 0 fully saturated rings. The molecule has 0 spiro atoms. The predicted octanol–water partition coefficient (Wildman–Crippen LogP) is 14.4. The first-order valence-electron chi connectivity index (χ1n) is 19.9. The molecule has 0 bridgehead atoms. The van der Waals surface area contributed by atoms with Crippen molar-refractivity contribution < 1.29 is 0 Å². The third-order valence-electron chi connectivity index (χ3n) is 11.3. The minimum Gasteiger partial charge on any atom is -0.256 e. The molecular formula is C55H33N5. The summed E-state index contributed by atoms with van der Waals surface area (Å²) in [5, 5.41) is 7.95. The standard InChI is InChI=1S/C55H33N5/c1-56-44-28-27-40-30-39(25-26-41(40)32-44)35-21-23-36(24-22-35)49-34-50-46-19-9-8-18-45(46)48(33-51(50)47-20-11-29-57-52(47)49)42-16-10-17-43(31-42)55-59-53(37-12-4-2-5-13-37)58-54(60-55)38-14-6-3-7-15-38/h2-34H. The summed E-state index contributed by atoms with van der Waals surface area (Å²) in [4.78, 5) is 23.5. The van der Waals surface area contributed by atoms with Gasteiger partial charge in [-0.2, -0.15) is 0 Å². The highest BCUT2D eigenvalue weighted by atomic mass is 15.0. The quantitative estimate of drug-likeness (QED) is 0.125. The fraction of sp³-hybridized carbons (Fsp3) is 0. The fourth-order valence-corrected chi connectivity index (χ4v) is 8.37. The van der Waals surface area contributed by atoms with E-state index in [1.165, 1.54) is 10.8 Å². The van der Waals surface area contributed by atoms with Crippen molar-refractivity contribution in [2.75, 3.05) is 0 Å². The smallest absolute Gasteiger partial charge is 0.187 e. The zero-order chi connectivity index (χ0) is 40.0. The number of nitrogens with zero attached hydrogens (tertiary/aromatic N) is 5. The van der Waals surface area contributed by atoms with E-state index in [0.29, 0.717) is 23.2 Å². The van der Waals surface area contributed by atoms with Crippen molar-refractivity contribution in [2.24, 2.45) is 0 Å². The highest BCUT2D eigenvalue weighted by molar-refractivity contribution is 6.23. The summed E-state index contributed by atoms with van der Waals surface area (Å²) in [6.45, 7) is 7.37. The van der Waals surface area contributed by atoms with Gasteiger partial charge in [-0.15, -0.1) is 0 Å². The lowest BCUT2D eigenvalue weighted by Crippen LogP contribution is -2.00. The van der Waals surface area contributed by atoms with E-state index < -0.39 is 0 Å². The van der Waals surface area contributed by atoms with Crippen molar-refractivity contribution in [1.82, 2.24) is 19.9 Å². The Kier molecular flexibility index (Phi) is 8.46. The van der Waals surface area contributed by atoms with Crippen LogP contribution in [0.25, 0.3) is 116 Å². The second-order valence-corrected chi connectivity index (χ2v) is 14.9. The molecule has 0 N–H and O–H groups in total. The summed E-state index contributed by atoms with van der Waals surface area (Å²) in [6.07, 6.45) is 1.88. The van der Waals surface area contributed by atoms with Gasteiger partial charge in [0.2, 0.25) is 0 Å². The molecule has 9 aromatic carbocycles. The molecular weight excluding hydrogens is 731 g/mol. The van der Waals surface area contributed by atoms with E-state index in [0.717, 1.165) is 82.5 Å². The molecule has 2 aromatic heterocycles. The Labute approximate surface area is 346 Å². The number of aromatic nitrogens is 4. The van der Waals surface area contributed by atoms with Crippen LogP contribution in [0.3, 0.4) is 0 Å². The second-order valence-electron chi connectivity index (χ2n) is 14.9. The van der Waals surface area contributed by atoms with E-state index in [4.69, 9.17) is 26.5 Å². The zero-order valence-corrected chi connectivity index (χ0v) is 32.3. The van der Waals surface area contributed by atoms with Crippen LogP contribution in [0.4, 0.5) is 5.69 Å². The molecule has 0 amide bonds. The first-order valence-corrected chi connectivity index (χ1v) is 19.9. The van der Waals surface area contributed by atoms with Gasteiger partial charge in [0.15, 0.2) is 23.2 Å². The third-order valence-corrected chi connectivity index (χ3v) is 11.3. The molecule has 0 radical (unpaired) electrons. The van der Waals surface area contributed by atoms with Crippen LogP contribution in [0.15, 0.2) is 200 Å². The van der Waals surface area contributed by atoms with Crippen LogP contribution in [0.5, 0.6) is 0 Å². The van der Waals surface area contributed by atoms with Crippen molar-refractivity contribution >= 4 is 48.9 Å². The van der Waals surface area contributed by atoms with E-state index >= 15 is 0 Å². The van der Waals surface area contributed by atoms with Gasteiger partial charge in [0, 0.05) is 33.8 Å². The molecule has 0 atom stereocenters. The Morgan fingerprint density at radius 3 is 1.62 bits per heavy atom. The molecule has 0 saturated heterocycles. The van der Waals surface area contributed by atoms with Gasteiger partial charge < -0.3 is 0 Å². The van der Waals surface area contributed by atoms with Gasteiger partial charge >= 0.3 is 0 Å². The molecule has 0 unspecified atom stereocenters. The second kappa shape index (κ2) is 14.6. The third kappa shape index (κ3) is 6.21. The normalized spacial score (nSPS) is 11.3. The highest BCUT2D eigenvalue weighted by Gasteiger charge is 2.17. The Morgan fingerprint density at radius 2 is 0.883 bits per heavy atom. The largest absolute Gasteiger partial charge is 0.256 e. The number of fused-ring (bicyclic) bond motifs is 6. The van der Waals surface area contributed by atoms with Gasteiger partial charge in [-0.3, -0.25) is 4.98 Å². The average Bonchev–Trinajstić information content (AvgIpc) is 3.33. The van der Waals surface area contributed by atoms with Crippen molar-refractivity contribution in [2.45, 2.75) is 0 Å². The summed E-state index contributed by atoms with van der Waals surface area (Å²) in [7, 11) is 0. The van der Waals surface area contributed by atoms with E-state index in [9.17, 15) is 0 Å². The molecule has 11 rings (SSSR count). The molecule has 11 aromatic rings.